The van der Waals surface area contributed by atoms with Crippen LogP contribution >= 0.6 is 34.5 Å². The van der Waals surface area contributed by atoms with Gasteiger partial charge in [-0.1, -0.05) is 46.7 Å². The second-order valence-electron chi connectivity index (χ2n) is 4.53. The second kappa shape index (κ2) is 8.27. The Kier molecular flexibility index (Phi) is 6.36. The average molecular weight is 390 g/mol. The number of esters is 2. The van der Waals surface area contributed by atoms with Gasteiger partial charge in [-0.2, -0.15) is 0 Å². The lowest BCUT2D eigenvalue weighted by atomic mass is 9.93. The quantitative estimate of drug-likeness (QED) is 0.599. The van der Waals surface area contributed by atoms with Crippen LogP contribution in [0.2, 0.25) is 10.0 Å². The molecule has 0 aliphatic heterocycles. The highest BCUT2D eigenvalue weighted by Gasteiger charge is 2.39. The van der Waals surface area contributed by atoms with Crippen molar-refractivity contribution >= 4 is 51.6 Å². The van der Waals surface area contributed by atoms with Gasteiger partial charge in [-0.25, -0.2) is 0 Å². The van der Waals surface area contributed by atoms with Crippen molar-refractivity contribution in [2.45, 2.75) is 6.04 Å². The van der Waals surface area contributed by atoms with E-state index in [-0.39, 0.29) is 10.0 Å². The summed E-state index contributed by atoms with van der Waals surface area (Å²) in [6, 6.07) is 4.00. The number of nitrogens with zero attached hydrogens (tertiary/aromatic N) is 2. The zero-order valence-electron chi connectivity index (χ0n) is 12.7. The lowest BCUT2D eigenvalue weighted by molar-refractivity contribution is -0.159. The molecule has 1 aromatic heterocycles. The molecule has 7 nitrogen and oxygen atoms in total. The molecule has 0 spiro atoms. The van der Waals surface area contributed by atoms with Gasteiger partial charge < -0.3 is 14.8 Å². The molecule has 2 aromatic rings. The fourth-order valence-corrected chi connectivity index (χ4v) is 3.00. The van der Waals surface area contributed by atoms with E-state index in [4.69, 9.17) is 32.7 Å². The molecule has 0 aliphatic carbocycles. The van der Waals surface area contributed by atoms with E-state index in [9.17, 15) is 9.59 Å². The number of ether oxygens (including phenoxy) is 2. The maximum Gasteiger partial charge on any atom is 0.322 e. The minimum Gasteiger partial charge on any atom is -0.468 e. The molecule has 1 unspecified atom stereocenters. The van der Waals surface area contributed by atoms with E-state index < -0.39 is 23.9 Å². The van der Waals surface area contributed by atoms with Gasteiger partial charge in [0, 0.05) is 0 Å². The molecule has 1 aromatic carbocycles. The number of anilines is 1. The molecule has 0 radical (unpaired) electrons. The number of methoxy groups -OCH3 is 2. The van der Waals surface area contributed by atoms with Crippen LogP contribution in [-0.2, 0) is 19.1 Å². The number of benzene rings is 1. The highest BCUT2D eigenvalue weighted by atomic mass is 35.5. The molecule has 0 fully saturated rings. The monoisotopic (exact) mass is 389 g/mol. The van der Waals surface area contributed by atoms with E-state index in [0.717, 1.165) is 0 Å². The highest BCUT2D eigenvalue weighted by Crippen LogP contribution is 2.36. The maximum atomic E-state index is 12.2. The first-order valence-electron chi connectivity index (χ1n) is 6.61. The van der Waals surface area contributed by atoms with Crippen molar-refractivity contribution in [1.82, 2.24) is 10.2 Å². The third-order valence-electron chi connectivity index (χ3n) is 3.20. The Bertz CT molecular complexity index is 711. The van der Waals surface area contributed by atoms with E-state index in [2.05, 4.69) is 15.5 Å². The molecule has 24 heavy (non-hydrogen) atoms. The highest BCUT2D eigenvalue weighted by molar-refractivity contribution is 7.13. The van der Waals surface area contributed by atoms with E-state index in [0.29, 0.717) is 10.7 Å². The SMILES string of the molecule is COC(=O)C(C(=O)OC)C(Nc1nncs1)c1cccc(Cl)c1Cl. The standard InChI is InChI=1S/C14H13Cl2N3O4S/c1-22-12(20)9(13(21)23-2)11(18-14-19-17-6-24-14)7-4-3-5-8(15)10(7)16/h3-6,9,11H,1-2H3,(H,18,19). The summed E-state index contributed by atoms with van der Waals surface area (Å²) in [4.78, 5) is 24.4. The molecule has 128 valence electrons. The molecule has 0 amide bonds. The van der Waals surface area contributed by atoms with Gasteiger partial charge in [-0.15, -0.1) is 10.2 Å². The van der Waals surface area contributed by atoms with Crippen molar-refractivity contribution < 1.29 is 19.1 Å². The molecular weight excluding hydrogens is 377 g/mol. The van der Waals surface area contributed by atoms with Gasteiger partial charge in [0.1, 0.15) is 5.51 Å². The summed E-state index contributed by atoms with van der Waals surface area (Å²) in [7, 11) is 2.36. The summed E-state index contributed by atoms with van der Waals surface area (Å²) >= 11 is 13.5. The Morgan fingerprint density at radius 2 is 1.88 bits per heavy atom. The normalized spacial score (nSPS) is 11.9. The van der Waals surface area contributed by atoms with Crippen molar-refractivity contribution in [2.24, 2.45) is 5.92 Å². The van der Waals surface area contributed by atoms with Gasteiger partial charge in [0.2, 0.25) is 5.13 Å². The van der Waals surface area contributed by atoms with Gasteiger partial charge >= 0.3 is 11.9 Å². The first-order chi connectivity index (χ1) is 11.5. The summed E-state index contributed by atoms with van der Waals surface area (Å²) in [6.45, 7) is 0. The fraction of sp³-hybridized carbons (Fsp3) is 0.286. The Morgan fingerprint density at radius 1 is 1.21 bits per heavy atom. The van der Waals surface area contributed by atoms with Crippen LogP contribution in [0.3, 0.4) is 0 Å². The fourth-order valence-electron chi connectivity index (χ4n) is 2.09. The molecule has 0 bridgehead atoms. The molecule has 0 aliphatic rings. The molecule has 1 heterocycles. The van der Waals surface area contributed by atoms with Crippen LogP contribution in [0.5, 0.6) is 0 Å². The zero-order chi connectivity index (χ0) is 17.7. The van der Waals surface area contributed by atoms with Crippen LogP contribution in [0, 0.1) is 5.92 Å². The van der Waals surface area contributed by atoms with Crippen molar-refractivity contribution in [2.75, 3.05) is 19.5 Å². The number of rotatable bonds is 6. The first-order valence-corrected chi connectivity index (χ1v) is 8.25. The number of carbonyl (C=O) groups excluding carboxylic acids is 2. The van der Waals surface area contributed by atoms with Crippen molar-refractivity contribution in [3.8, 4) is 0 Å². The minimum absolute atomic E-state index is 0.207. The Labute approximate surface area is 151 Å². The predicted octanol–water partition coefficient (Wildman–Crippen LogP) is 2.96. The molecule has 2 rings (SSSR count). The van der Waals surface area contributed by atoms with Crippen LogP contribution in [0.15, 0.2) is 23.7 Å². The molecule has 0 saturated heterocycles. The zero-order valence-corrected chi connectivity index (χ0v) is 15.0. The predicted molar refractivity (Wildman–Crippen MR) is 90.3 cm³/mol. The topological polar surface area (TPSA) is 90.4 Å². The van der Waals surface area contributed by atoms with Crippen LogP contribution in [0.4, 0.5) is 5.13 Å². The number of carbonyl (C=O) groups is 2. The van der Waals surface area contributed by atoms with Crippen molar-refractivity contribution in [1.29, 1.82) is 0 Å². The number of halogens is 2. The molecule has 10 heteroatoms. The summed E-state index contributed by atoms with van der Waals surface area (Å²) in [5, 5.41) is 11.4. The van der Waals surface area contributed by atoms with E-state index in [1.54, 1.807) is 18.2 Å². The summed E-state index contributed by atoms with van der Waals surface area (Å²) in [6.07, 6.45) is 0. The summed E-state index contributed by atoms with van der Waals surface area (Å²) < 4.78 is 9.48. The van der Waals surface area contributed by atoms with Gasteiger partial charge in [-0.05, 0) is 11.6 Å². The van der Waals surface area contributed by atoms with E-state index >= 15 is 0 Å². The average Bonchev–Trinajstić information content (AvgIpc) is 3.09. The summed E-state index contributed by atoms with van der Waals surface area (Å²) in [5.74, 6) is -2.86. The Hall–Kier alpha value is -1.90. The first kappa shape index (κ1) is 18.4. The van der Waals surface area contributed by atoms with Crippen LogP contribution in [0.1, 0.15) is 11.6 Å². The van der Waals surface area contributed by atoms with Crippen molar-refractivity contribution in [3.63, 3.8) is 0 Å². The summed E-state index contributed by atoms with van der Waals surface area (Å²) in [5.41, 5.74) is 1.93. The van der Waals surface area contributed by atoms with Gasteiger partial charge in [0.05, 0.1) is 30.3 Å². The molecular formula is C14H13Cl2N3O4S. The van der Waals surface area contributed by atoms with Gasteiger partial charge in [0.25, 0.3) is 0 Å². The third kappa shape index (κ3) is 3.95. The number of aromatic nitrogens is 2. The van der Waals surface area contributed by atoms with Crippen LogP contribution in [0.25, 0.3) is 0 Å². The lowest BCUT2D eigenvalue weighted by Gasteiger charge is -2.25. The Balaban J connectivity index is 2.53. The van der Waals surface area contributed by atoms with Gasteiger partial charge in [-0.3, -0.25) is 9.59 Å². The third-order valence-corrected chi connectivity index (χ3v) is 4.66. The smallest absolute Gasteiger partial charge is 0.322 e. The largest absolute Gasteiger partial charge is 0.468 e. The number of nitrogens with one attached hydrogen (secondary N) is 1. The Morgan fingerprint density at radius 3 is 2.42 bits per heavy atom. The number of hydrogen-bond donors (Lipinski definition) is 1. The molecule has 1 atom stereocenters. The second-order valence-corrected chi connectivity index (χ2v) is 6.15. The van der Waals surface area contributed by atoms with Gasteiger partial charge in [0.15, 0.2) is 5.92 Å². The minimum atomic E-state index is -1.31. The molecule has 1 N–H and O–H groups in total. The lowest BCUT2D eigenvalue weighted by Crippen LogP contribution is -2.36. The maximum absolute atomic E-state index is 12.2. The van der Waals surface area contributed by atoms with Crippen molar-refractivity contribution in [3.05, 3.63) is 39.3 Å². The number of hydrogen-bond acceptors (Lipinski definition) is 8. The molecule has 0 saturated carbocycles. The van der Waals surface area contributed by atoms with Crippen LogP contribution < -0.4 is 5.32 Å². The van der Waals surface area contributed by atoms with Crippen LogP contribution in [-0.4, -0.2) is 36.4 Å². The van der Waals surface area contributed by atoms with E-state index in [1.165, 1.54) is 31.1 Å². The van der Waals surface area contributed by atoms with E-state index in [1.807, 2.05) is 0 Å².